The molecule has 4 nitrogen and oxygen atoms in total. The van der Waals surface area contributed by atoms with Crippen molar-refractivity contribution in [2.45, 2.75) is 12.8 Å². The number of benzene rings is 1. The minimum absolute atomic E-state index is 0.209. The molecule has 1 fully saturated rings. The number of hydrogen-bond donors (Lipinski definition) is 0. The number of ketones is 1. The van der Waals surface area contributed by atoms with Gasteiger partial charge in [-0.15, -0.1) is 0 Å². The van der Waals surface area contributed by atoms with Crippen LogP contribution in [0.15, 0.2) is 24.3 Å². The van der Waals surface area contributed by atoms with E-state index in [-0.39, 0.29) is 6.61 Å². The summed E-state index contributed by atoms with van der Waals surface area (Å²) < 4.78 is 9.78. The van der Waals surface area contributed by atoms with Gasteiger partial charge in [0, 0.05) is 11.5 Å². The summed E-state index contributed by atoms with van der Waals surface area (Å²) in [6, 6.07) is 7.09. The number of rotatable bonds is 4. The molecule has 17 heavy (non-hydrogen) atoms. The van der Waals surface area contributed by atoms with Crippen LogP contribution in [-0.4, -0.2) is 31.6 Å². The van der Waals surface area contributed by atoms with Gasteiger partial charge in [-0.2, -0.15) is 0 Å². The third-order valence-corrected chi connectivity index (χ3v) is 2.72. The summed E-state index contributed by atoms with van der Waals surface area (Å²) in [5, 5.41) is 0. The van der Waals surface area contributed by atoms with Crippen LogP contribution in [0.2, 0.25) is 0 Å². The first-order valence-corrected chi connectivity index (χ1v) is 5.61. The monoisotopic (exact) mass is 234 g/mol. The van der Waals surface area contributed by atoms with Gasteiger partial charge in [-0.3, -0.25) is 4.79 Å². The zero-order valence-electron chi connectivity index (χ0n) is 9.64. The van der Waals surface area contributed by atoms with Gasteiger partial charge >= 0.3 is 5.97 Å². The largest absolute Gasteiger partial charge is 0.460 e. The highest BCUT2D eigenvalue weighted by molar-refractivity contribution is 6.40. The lowest BCUT2D eigenvalue weighted by molar-refractivity contribution is -0.137. The second-order valence-electron chi connectivity index (χ2n) is 3.91. The standard InChI is InChI=1S/C13H14O4/c1-2-17-13(15)12(14)10-5-3-4-9(6-10)11-7-16-8-11/h3-6,11H,2,7-8H2,1H3. The predicted octanol–water partition coefficient (Wildman–Crippen LogP) is 1.55. The van der Waals surface area contributed by atoms with E-state index >= 15 is 0 Å². The number of ether oxygens (including phenoxy) is 2. The van der Waals surface area contributed by atoms with Gasteiger partial charge in [0.1, 0.15) is 0 Å². The molecule has 1 aliphatic rings. The van der Waals surface area contributed by atoms with Gasteiger partial charge in [-0.05, 0) is 18.6 Å². The van der Waals surface area contributed by atoms with Gasteiger partial charge in [-0.1, -0.05) is 18.2 Å². The summed E-state index contributed by atoms with van der Waals surface area (Å²) in [6.07, 6.45) is 0. The Morgan fingerprint density at radius 1 is 1.41 bits per heavy atom. The Hall–Kier alpha value is -1.68. The molecule has 0 atom stereocenters. The molecule has 4 heteroatoms. The molecule has 1 saturated heterocycles. The smallest absolute Gasteiger partial charge is 0.379 e. The van der Waals surface area contributed by atoms with Crippen molar-refractivity contribution in [1.29, 1.82) is 0 Å². The summed E-state index contributed by atoms with van der Waals surface area (Å²) in [4.78, 5) is 23.0. The van der Waals surface area contributed by atoms with Crippen molar-refractivity contribution in [3.8, 4) is 0 Å². The molecule has 2 rings (SSSR count). The highest BCUT2D eigenvalue weighted by atomic mass is 16.5. The van der Waals surface area contributed by atoms with Crippen molar-refractivity contribution in [2.24, 2.45) is 0 Å². The second-order valence-corrected chi connectivity index (χ2v) is 3.91. The predicted molar refractivity (Wildman–Crippen MR) is 61.0 cm³/mol. The molecule has 0 aromatic heterocycles. The molecule has 1 aromatic rings. The minimum Gasteiger partial charge on any atom is -0.460 e. The van der Waals surface area contributed by atoms with Crippen LogP contribution in [0.25, 0.3) is 0 Å². The summed E-state index contributed by atoms with van der Waals surface area (Å²) in [6.45, 7) is 3.24. The number of carbonyl (C=O) groups is 2. The van der Waals surface area contributed by atoms with E-state index in [2.05, 4.69) is 4.74 Å². The quantitative estimate of drug-likeness (QED) is 0.450. The molecule has 0 saturated carbocycles. The Kier molecular flexibility index (Phi) is 3.54. The maximum atomic E-state index is 11.7. The zero-order valence-corrected chi connectivity index (χ0v) is 9.64. The molecular weight excluding hydrogens is 220 g/mol. The van der Waals surface area contributed by atoms with Gasteiger partial charge in [0.15, 0.2) is 0 Å². The minimum atomic E-state index is -0.797. The molecule has 0 amide bonds. The van der Waals surface area contributed by atoms with Gasteiger partial charge in [0.2, 0.25) is 0 Å². The Morgan fingerprint density at radius 3 is 2.76 bits per heavy atom. The highest BCUT2D eigenvalue weighted by Gasteiger charge is 2.23. The first-order valence-electron chi connectivity index (χ1n) is 5.61. The first-order chi connectivity index (χ1) is 8.22. The van der Waals surface area contributed by atoms with Crippen molar-refractivity contribution in [3.63, 3.8) is 0 Å². The van der Waals surface area contributed by atoms with E-state index in [9.17, 15) is 9.59 Å². The number of carbonyl (C=O) groups excluding carboxylic acids is 2. The van der Waals surface area contributed by atoms with Crippen molar-refractivity contribution in [1.82, 2.24) is 0 Å². The molecule has 0 unspecified atom stereocenters. The lowest BCUT2D eigenvalue weighted by atomic mass is 9.95. The summed E-state index contributed by atoms with van der Waals surface area (Å²) in [7, 11) is 0. The van der Waals surface area contributed by atoms with Crippen LogP contribution >= 0.6 is 0 Å². The lowest BCUT2D eigenvalue weighted by Crippen LogP contribution is -2.25. The van der Waals surface area contributed by atoms with E-state index in [0.29, 0.717) is 24.7 Å². The molecule has 1 heterocycles. The van der Waals surface area contributed by atoms with Crippen molar-refractivity contribution in [2.75, 3.05) is 19.8 Å². The third kappa shape index (κ3) is 2.53. The molecule has 1 aliphatic heterocycles. The van der Waals surface area contributed by atoms with Crippen molar-refractivity contribution >= 4 is 11.8 Å². The van der Waals surface area contributed by atoms with E-state index in [1.165, 1.54) is 0 Å². The fourth-order valence-corrected chi connectivity index (χ4v) is 1.68. The van der Waals surface area contributed by atoms with Crippen LogP contribution in [0.4, 0.5) is 0 Å². The molecule has 0 aliphatic carbocycles. The molecule has 0 spiro atoms. The molecule has 1 aromatic carbocycles. The molecule has 0 bridgehead atoms. The Morgan fingerprint density at radius 2 is 2.18 bits per heavy atom. The fraction of sp³-hybridized carbons (Fsp3) is 0.385. The van der Waals surface area contributed by atoms with E-state index in [1.807, 2.05) is 6.07 Å². The average molecular weight is 234 g/mol. The topological polar surface area (TPSA) is 52.6 Å². The summed E-state index contributed by atoms with van der Waals surface area (Å²) in [5.74, 6) is -1.05. The molecule has 0 N–H and O–H groups in total. The Labute approximate surface area is 99.5 Å². The van der Waals surface area contributed by atoms with Gasteiger partial charge in [0.25, 0.3) is 5.78 Å². The first kappa shape index (κ1) is 11.8. The van der Waals surface area contributed by atoms with E-state index < -0.39 is 11.8 Å². The van der Waals surface area contributed by atoms with Crippen molar-refractivity contribution in [3.05, 3.63) is 35.4 Å². The van der Waals surface area contributed by atoms with Gasteiger partial charge in [-0.25, -0.2) is 4.79 Å². The number of Topliss-reactive ketones (excluding diaryl/α,β-unsaturated/α-hetero) is 1. The maximum absolute atomic E-state index is 11.7. The van der Waals surface area contributed by atoms with Crippen LogP contribution in [0.1, 0.15) is 28.8 Å². The maximum Gasteiger partial charge on any atom is 0.379 e. The second kappa shape index (κ2) is 5.10. The van der Waals surface area contributed by atoms with Crippen molar-refractivity contribution < 1.29 is 19.1 Å². The Bertz CT molecular complexity index is 435. The molecular formula is C13H14O4. The summed E-state index contributed by atoms with van der Waals surface area (Å²) >= 11 is 0. The van der Waals surface area contributed by atoms with E-state index in [4.69, 9.17) is 4.74 Å². The lowest BCUT2D eigenvalue weighted by Gasteiger charge is -2.26. The van der Waals surface area contributed by atoms with Crippen LogP contribution < -0.4 is 0 Å². The van der Waals surface area contributed by atoms with E-state index in [1.54, 1.807) is 25.1 Å². The zero-order chi connectivity index (χ0) is 12.3. The van der Waals surface area contributed by atoms with E-state index in [0.717, 1.165) is 5.56 Å². The highest BCUT2D eigenvalue weighted by Crippen LogP contribution is 2.24. The van der Waals surface area contributed by atoms with Crippen LogP contribution in [0, 0.1) is 0 Å². The normalized spacial score (nSPS) is 15.1. The van der Waals surface area contributed by atoms with Crippen LogP contribution in [0.5, 0.6) is 0 Å². The van der Waals surface area contributed by atoms with Crippen LogP contribution in [-0.2, 0) is 14.3 Å². The summed E-state index contributed by atoms with van der Waals surface area (Å²) in [5.41, 5.74) is 1.42. The average Bonchev–Trinajstić information content (AvgIpc) is 2.26. The van der Waals surface area contributed by atoms with Crippen LogP contribution in [0.3, 0.4) is 0 Å². The number of esters is 1. The third-order valence-electron chi connectivity index (χ3n) is 2.72. The number of hydrogen-bond acceptors (Lipinski definition) is 4. The fourth-order valence-electron chi connectivity index (χ4n) is 1.68. The van der Waals surface area contributed by atoms with Gasteiger partial charge < -0.3 is 9.47 Å². The Balaban J connectivity index is 2.14. The molecule has 0 radical (unpaired) electrons. The van der Waals surface area contributed by atoms with Gasteiger partial charge in [0.05, 0.1) is 19.8 Å². The SMILES string of the molecule is CCOC(=O)C(=O)c1cccc(C2COC2)c1. The molecule has 90 valence electrons.